The van der Waals surface area contributed by atoms with E-state index < -0.39 is 5.97 Å². The average Bonchev–Trinajstić information content (AvgIpc) is 2.67. The molecular weight excluding hydrogens is 184 g/mol. The van der Waals surface area contributed by atoms with Crippen molar-refractivity contribution in [2.75, 3.05) is 0 Å². The summed E-state index contributed by atoms with van der Waals surface area (Å²) in [6, 6.07) is 3.42. The molecule has 0 saturated carbocycles. The van der Waals surface area contributed by atoms with Crippen molar-refractivity contribution in [1.29, 1.82) is 0 Å². The van der Waals surface area contributed by atoms with Crippen molar-refractivity contribution in [3.05, 3.63) is 36.4 Å². The summed E-state index contributed by atoms with van der Waals surface area (Å²) >= 11 is 0. The third-order valence-electron chi connectivity index (χ3n) is 1.74. The number of hydrogen-bond donors (Lipinski definition) is 1. The Hall–Kier alpha value is -2.17. The fraction of sp³-hybridized carbons (Fsp3) is 0. The van der Waals surface area contributed by atoms with E-state index in [-0.39, 0.29) is 5.56 Å². The van der Waals surface area contributed by atoms with Crippen LogP contribution in [0.2, 0.25) is 0 Å². The minimum Gasteiger partial charge on any atom is -0.477 e. The highest BCUT2D eigenvalue weighted by Crippen LogP contribution is 2.20. The Bertz CT molecular complexity index is 450. The molecule has 0 atom stereocenters. The van der Waals surface area contributed by atoms with Crippen LogP contribution in [-0.2, 0) is 0 Å². The number of pyridine rings is 1. The maximum absolute atomic E-state index is 10.7. The van der Waals surface area contributed by atoms with Crippen LogP contribution < -0.4 is 0 Å². The first-order chi connectivity index (χ1) is 6.79. The highest BCUT2D eigenvalue weighted by Gasteiger charge is 2.15. The lowest BCUT2D eigenvalue weighted by molar-refractivity contribution is 0.0697. The molecule has 1 N–H and O–H groups in total. The highest BCUT2D eigenvalue weighted by atomic mass is 16.5. The molecule has 0 aliphatic carbocycles. The monoisotopic (exact) mass is 190 g/mol. The molecule has 5 nitrogen and oxygen atoms in total. The molecule has 2 heterocycles. The van der Waals surface area contributed by atoms with Gasteiger partial charge in [0, 0.05) is 18.0 Å². The largest absolute Gasteiger partial charge is 0.477 e. The van der Waals surface area contributed by atoms with E-state index in [1.807, 2.05) is 0 Å². The lowest BCUT2D eigenvalue weighted by Crippen LogP contribution is -1.96. The van der Waals surface area contributed by atoms with E-state index in [1.54, 1.807) is 18.3 Å². The summed E-state index contributed by atoms with van der Waals surface area (Å²) in [6.45, 7) is 0. The smallest absolute Gasteiger partial charge is 0.341 e. The molecule has 0 bridgehead atoms. The fourth-order valence-electron chi connectivity index (χ4n) is 1.10. The van der Waals surface area contributed by atoms with Crippen LogP contribution in [0.3, 0.4) is 0 Å². The van der Waals surface area contributed by atoms with Gasteiger partial charge in [0.15, 0.2) is 0 Å². The van der Waals surface area contributed by atoms with Gasteiger partial charge in [-0.05, 0) is 12.1 Å². The molecule has 0 unspecified atom stereocenters. The third-order valence-corrected chi connectivity index (χ3v) is 1.74. The van der Waals surface area contributed by atoms with Gasteiger partial charge in [0.25, 0.3) is 0 Å². The Labute approximate surface area is 79.0 Å². The van der Waals surface area contributed by atoms with Gasteiger partial charge >= 0.3 is 5.97 Å². The SMILES string of the molecule is O=C(O)c1conc1-c1cccnc1. The van der Waals surface area contributed by atoms with Crippen molar-refractivity contribution >= 4 is 5.97 Å². The van der Waals surface area contributed by atoms with Crippen molar-refractivity contribution in [3.8, 4) is 11.3 Å². The molecule has 0 fully saturated rings. The number of carbonyl (C=O) groups is 1. The minimum absolute atomic E-state index is 0.0398. The van der Waals surface area contributed by atoms with Gasteiger partial charge in [-0.25, -0.2) is 4.79 Å². The maximum atomic E-state index is 10.7. The Morgan fingerprint density at radius 2 is 2.36 bits per heavy atom. The first-order valence-corrected chi connectivity index (χ1v) is 3.87. The summed E-state index contributed by atoms with van der Waals surface area (Å²) in [4.78, 5) is 14.6. The van der Waals surface area contributed by atoms with Crippen molar-refractivity contribution in [1.82, 2.24) is 10.1 Å². The molecule has 0 aliphatic heterocycles. The summed E-state index contributed by atoms with van der Waals surface area (Å²) in [6.07, 6.45) is 4.24. The Balaban J connectivity index is 2.52. The van der Waals surface area contributed by atoms with Gasteiger partial charge in [-0.15, -0.1) is 0 Å². The fourth-order valence-corrected chi connectivity index (χ4v) is 1.10. The number of carboxylic acid groups (broad SMARTS) is 1. The van der Waals surface area contributed by atoms with Crippen LogP contribution in [0.4, 0.5) is 0 Å². The lowest BCUT2D eigenvalue weighted by Gasteiger charge is -1.94. The van der Waals surface area contributed by atoms with E-state index in [4.69, 9.17) is 5.11 Å². The predicted octanol–water partition coefficient (Wildman–Crippen LogP) is 1.43. The number of nitrogens with zero attached hydrogens (tertiary/aromatic N) is 2. The van der Waals surface area contributed by atoms with Crippen LogP contribution in [-0.4, -0.2) is 21.2 Å². The standard InChI is InChI=1S/C9H6N2O3/c12-9(13)7-5-14-11-8(7)6-2-1-3-10-4-6/h1-5H,(H,12,13). The van der Waals surface area contributed by atoms with Gasteiger partial charge in [0.2, 0.25) is 0 Å². The van der Waals surface area contributed by atoms with Crippen LogP contribution >= 0.6 is 0 Å². The second-order valence-corrected chi connectivity index (χ2v) is 2.62. The second-order valence-electron chi connectivity index (χ2n) is 2.62. The molecular formula is C9H6N2O3. The Kier molecular flexibility index (Phi) is 1.98. The molecule has 0 radical (unpaired) electrons. The molecule has 0 saturated heterocycles. The summed E-state index contributed by atoms with van der Waals surface area (Å²) in [5, 5.41) is 12.4. The number of aromatic carboxylic acids is 1. The summed E-state index contributed by atoms with van der Waals surface area (Å²) in [5.41, 5.74) is 0.960. The molecule has 2 rings (SSSR count). The molecule has 2 aromatic rings. The first-order valence-electron chi connectivity index (χ1n) is 3.87. The predicted molar refractivity (Wildman–Crippen MR) is 46.7 cm³/mol. The van der Waals surface area contributed by atoms with Crippen molar-refractivity contribution in [3.63, 3.8) is 0 Å². The van der Waals surface area contributed by atoms with Gasteiger partial charge in [-0.1, -0.05) is 5.16 Å². The first kappa shape index (κ1) is 8.43. The van der Waals surface area contributed by atoms with Crippen molar-refractivity contribution < 1.29 is 14.4 Å². The second kappa shape index (κ2) is 3.29. The Morgan fingerprint density at radius 1 is 1.50 bits per heavy atom. The van der Waals surface area contributed by atoms with Gasteiger partial charge in [-0.2, -0.15) is 0 Å². The number of carboxylic acids is 1. The van der Waals surface area contributed by atoms with Crippen LogP contribution in [0.25, 0.3) is 11.3 Å². The zero-order valence-electron chi connectivity index (χ0n) is 7.04. The van der Waals surface area contributed by atoms with E-state index in [0.717, 1.165) is 6.26 Å². The van der Waals surface area contributed by atoms with Crippen LogP contribution in [0.1, 0.15) is 10.4 Å². The third kappa shape index (κ3) is 1.35. The summed E-state index contributed by atoms with van der Waals surface area (Å²) in [5.74, 6) is -1.06. The normalized spacial score (nSPS) is 10.0. The zero-order valence-corrected chi connectivity index (χ0v) is 7.04. The van der Waals surface area contributed by atoms with Crippen LogP contribution in [0.15, 0.2) is 35.3 Å². The van der Waals surface area contributed by atoms with Gasteiger partial charge in [0.05, 0.1) is 0 Å². The maximum Gasteiger partial charge on any atom is 0.341 e. The quantitative estimate of drug-likeness (QED) is 0.775. The van der Waals surface area contributed by atoms with Crippen molar-refractivity contribution in [2.24, 2.45) is 0 Å². The van der Waals surface area contributed by atoms with E-state index in [1.165, 1.54) is 6.20 Å². The van der Waals surface area contributed by atoms with E-state index >= 15 is 0 Å². The Morgan fingerprint density at radius 3 is 3.00 bits per heavy atom. The van der Waals surface area contributed by atoms with E-state index in [9.17, 15) is 4.79 Å². The van der Waals surface area contributed by atoms with Crippen LogP contribution in [0.5, 0.6) is 0 Å². The van der Waals surface area contributed by atoms with Gasteiger partial charge in [0.1, 0.15) is 17.5 Å². The molecule has 14 heavy (non-hydrogen) atoms. The van der Waals surface area contributed by atoms with E-state index in [2.05, 4.69) is 14.7 Å². The number of aromatic nitrogens is 2. The molecule has 0 aliphatic rings. The summed E-state index contributed by atoms with van der Waals surface area (Å²) < 4.78 is 4.60. The summed E-state index contributed by atoms with van der Waals surface area (Å²) in [7, 11) is 0. The van der Waals surface area contributed by atoms with Crippen molar-refractivity contribution in [2.45, 2.75) is 0 Å². The van der Waals surface area contributed by atoms with Gasteiger partial charge in [-0.3, -0.25) is 4.98 Å². The minimum atomic E-state index is -1.06. The molecule has 2 aromatic heterocycles. The number of rotatable bonds is 2. The average molecular weight is 190 g/mol. The van der Waals surface area contributed by atoms with E-state index in [0.29, 0.717) is 11.3 Å². The topological polar surface area (TPSA) is 76.2 Å². The molecule has 0 aromatic carbocycles. The molecule has 0 amide bonds. The number of hydrogen-bond acceptors (Lipinski definition) is 4. The zero-order chi connectivity index (χ0) is 9.97. The van der Waals surface area contributed by atoms with Crippen LogP contribution in [0, 0.1) is 0 Å². The lowest BCUT2D eigenvalue weighted by atomic mass is 10.1. The molecule has 5 heteroatoms. The van der Waals surface area contributed by atoms with Gasteiger partial charge < -0.3 is 9.63 Å². The highest BCUT2D eigenvalue weighted by molar-refractivity contribution is 5.94. The molecule has 0 spiro atoms. The molecule has 70 valence electrons.